The average Bonchev–Trinajstić information content (AvgIpc) is 3.52. The smallest absolute Gasteiger partial charge is 0.331 e. The highest BCUT2D eigenvalue weighted by molar-refractivity contribution is 7.21. The Hall–Kier alpha value is -3.95. The highest BCUT2D eigenvalue weighted by Crippen LogP contribution is 2.49. The second-order valence-corrected chi connectivity index (χ2v) is 9.94. The molecule has 0 bridgehead atoms. The number of likely N-dealkylation sites (tertiary alicyclic amines) is 1. The molecule has 2 aliphatic heterocycles. The quantitative estimate of drug-likeness (QED) is 0.378. The predicted molar refractivity (Wildman–Crippen MR) is 142 cm³/mol. The van der Waals surface area contributed by atoms with E-state index in [2.05, 4.69) is 15.6 Å². The van der Waals surface area contributed by atoms with Crippen molar-refractivity contribution in [3.05, 3.63) is 71.2 Å². The number of aryl methyl sites for hydroxylation is 1. The van der Waals surface area contributed by atoms with Crippen molar-refractivity contribution in [2.75, 3.05) is 30.4 Å². The second-order valence-electron chi connectivity index (χ2n) is 8.94. The Morgan fingerprint density at radius 2 is 1.92 bits per heavy atom. The molecule has 2 aliphatic rings. The lowest BCUT2D eigenvalue weighted by molar-refractivity contribution is 0.0795. The van der Waals surface area contributed by atoms with Crippen molar-refractivity contribution in [2.24, 2.45) is 0 Å². The molecule has 2 aromatic heterocycles. The van der Waals surface area contributed by atoms with Crippen molar-refractivity contribution in [1.82, 2.24) is 15.2 Å². The molecule has 0 saturated carbocycles. The molecule has 3 amide bonds. The monoisotopic (exact) mass is 499 g/mol. The van der Waals surface area contributed by atoms with Gasteiger partial charge in [0.05, 0.1) is 22.4 Å². The SMILES string of the molecule is CN[C@H]1CCN(C(=O)c2sc3nccc4c3c2N(c2ccccc2Oc2ccccc2C)C(=O)N4)C1. The average molecular weight is 500 g/mol. The number of rotatable bonds is 5. The van der Waals surface area contributed by atoms with Crippen molar-refractivity contribution in [3.8, 4) is 11.5 Å². The molecule has 4 aromatic rings. The van der Waals surface area contributed by atoms with E-state index >= 15 is 0 Å². The van der Waals surface area contributed by atoms with Gasteiger partial charge >= 0.3 is 6.03 Å². The van der Waals surface area contributed by atoms with Crippen LogP contribution in [0.5, 0.6) is 11.5 Å². The fraction of sp³-hybridized carbons (Fsp3) is 0.222. The van der Waals surface area contributed by atoms with Crippen LogP contribution in [0, 0.1) is 6.92 Å². The summed E-state index contributed by atoms with van der Waals surface area (Å²) in [5, 5.41) is 7.00. The topological polar surface area (TPSA) is 86.8 Å². The van der Waals surface area contributed by atoms with E-state index in [-0.39, 0.29) is 18.0 Å². The first-order valence-corrected chi connectivity index (χ1v) is 12.7. The van der Waals surface area contributed by atoms with E-state index in [0.717, 1.165) is 17.4 Å². The van der Waals surface area contributed by atoms with Crippen molar-refractivity contribution in [1.29, 1.82) is 0 Å². The molecule has 1 fully saturated rings. The summed E-state index contributed by atoms with van der Waals surface area (Å²) in [6.07, 6.45) is 2.55. The maximum atomic E-state index is 13.8. The Kier molecular flexibility index (Phi) is 5.58. The molecule has 6 rings (SSSR count). The van der Waals surface area contributed by atoms with E-state index in [4.69, 9.17) is 4.74 Å². The minimum Gasteiger partial charge on any atom is -0.455 e. The van der Waals surface area contributed by atoms with Crippen LogP contribution < -0.4 is 20.3 Å². The number of anilines is 3. The molecule has 1 saturated heterocycles. The maximum Gasteiger partial charge on any atom is 0.331 e. The molecule has 0 spiro atoms. The van der Waals surface area contributed by atoms with Gasteiger partial charge in [0.2, 0.25) is 0 Å². The van der Waals surface area contributed by atoms with Crippen LogP contribution in [0.15, 0.2) is 60.8 Å². The summed E-state index contributed by atoms with van der Waals surface area (Å²) in [5.74, 6) is 1.13. The predicted octanol–water partition coefficient (Wildman–Crippen LogP) is 5.51. The van der Waals surface area contributed by atoms with Gasteiger partial charge in [-0.2, -0.15) is 0 Å². The standard InChI is InChI=1S/C27H25N5O3S/c1-16-7-3-5-9-20(16)35-21-10-6-4-8-19(21)32-23-22-18(30-27(32)34)11-13-29-25(22)36-24(23)26(33)31-14-12-17(15-31)28-2/h3-11,13,17,28H,12,14-15H2,1-2H3,(H,30,34)/t17-/m0/s1. The molecule has 2 aromatic carbocycles. The van der Waals surface area contributed by atoms with Gasteiger partial charge in [-0.1, -0.05) is 30.3 Å². The summed E-state index contributed by atoms with van der Waals surface area (Å²) in [6, 6.07) is 16.8. The van der Waals surface area contributed by atoms with Gasteiger partial charge in [-0.15, -0.1) is 11.3 Å². The number of benzene rings is 2. The number of amides is 3. The van der Waals surface area contributed by atoms with Crippen LogP contribution in [0.2, 0.25) is 0 Å². The first-order chi connectivity index (χ1) is 17.5. The van der Waals surface area contributed by atoms with Crippen LogP contribution in [0.25, 0.3) is 10.2 Å². The highest BCUT2D eigenvalue weighted by Gasteiger charge is 2.38. The van der Waals surface area contributed by atoms with Gasteiger partial charge in [0.25, 0.3) is 5.91 Å². The minimum absolute atomic E-state index is 0.0892. The number of urea groups is 1. The number of nitrogens with one attached hydrogen (secondary N) is 2. The number of aromatic nitrogens is 1. The van der Waals surface area contributed by atoms with E-state index in [9.17, 15) is 9.59 Å². The normalized spacial score (nSPS) is 16.9. The molecular formula is C27H25N5O3S. The molecular weight excluding hydrogens is 474 g/mol. The van der Waals surface area contributed by atoms with Gasteiger partial charge in [-0.3, -0.25) is 9.69 Å². The van der Waals surface area contributed by atoms with Crippen LogP contribution in [-0.4, -0.2) is 48.0 Å². The van der Waals surface area contributed by atoms with Gasteiger partial charge in [0.1, 0.15) is 15.5 Å². The first-order valence-electron chi connectivity index (χ1n) is 11.9. The van der Waals surface area contributed by atoms with Crippen LogP contribution in [-0.2, 0) is 0 Å². The second kappa shape index (κ2) is 8.92. The maximum absolute atomic E-state index is 13.8. The Morgan fingerprint density at radius 1 is 1.14 bits per heavy atom. The van der Waals surface area contributed by atoms with Crippen molar-refractivity contribution in [2.45, 2.75) is 19.4 Å². The van der Waals surface area contributed by atoms with Crippen molar-refractivity contribution >= 4 is 50.6 Å². The number of hydrogen-bond acceptors (Lipinski definition) is 6. The van der Waals surface area contributed by atoms with E-state index in [1.165, 1.54) is 11.3 Å². The van der Waals surface area contributed by atoms with Crippen LogP contribution >= 0.6 is 11.3 Å². The molecule has 0 unspecified atom stereocenters. The largest absolute Gasteiger partial charge is 0.455 e. The summed E-state index contributed by atoms with van der Waals surface area (Å²) in [6.45, 7) is 3.26. The molecule has 8 nitrogen and oxygen atoms in total. The Bertz CT molecular complexity index is 1500. The molecule has 0 radical (unpaired) electrons. The number of ether oxygens (including phenoxy) is 1. The number of likely N-dealkylation sites (N-methyl/N-ethyl adjacent to an activating group) is 1. The first kappa shape index (κ1) is 22.5. The molecule has 1 atom stereocenters. The zero-order chi connectivity index (χ0) is 24.8. The van der Waals surface area contributed by atoms with Crippen LogP contribution in [0.3, 0.4) is 0 Å². The lowest BCUT2D eigenvalue weighted by Crippen LogP contribution is -2.37. The fourth-order valence-electron chi connectivity index (χ4n) is 4.81. The minimum atomic E-state index is -0.349. The summed E-state index contributed by atoms with van der Waals surface area (Å²) < 4.78 is 6.29. The Labute approximate surface area is 212 Å². The number of hydrogen-bond donors (Lipinski definition) is 2. The highest BCUT2D eigenvalue weighted by atomic mass is 32.1. The molecule has 4 heterocycles. The number of nitrogens with zero attached hydrogens (tertiary/aromatic N) is 3. The summed E-state index contributed by atoms with van der Waals surface area (Å²) >= 11 is 1.32. The van der Waals surface area contributed by atoms with Crippen LogP contribution in [0.1, 0.15) is 21.7 Å². The Balaban J connectivity index is 1.50. The van der Waals surface area contributed by atoms with E-state index in [0.29, 0.717) is 51.4 Å². The molecule has 0 aliphatic carbocycles. The lowest BCUT2D eigenvalue weighted by atomic mass is 10.1. The van der Waals surface area contributed by atoms with Gasteiger partial charge in [-0.25, -0.2) is 9.78 Å². The van der Waals surface area contributed by atoms with Gasteiger partial charge < -0.3 is 20.3 Å². The number of thiophene rings is 1. The van der Waals surface area contributed by atoms with E-state index in [1.54, 1.807) is 17.2 Å². The molecule has 36 heavy (non-hydrogen) atoms. The zero-order valence-corrected chi connectivity index (χ0v) is 20.8. The Morgan fingerprint density at radius 3 is 2.69 bits per heavy atom. The molecule has 9 heteroatoms. The summed E-state index contributed by atoms with van der Waals surface area (Å²) in [4.78, 5) is 36.5. The van der Waals surface area contributed by atoms with Gasteiger partial charge in [-0.05, 0) is 50.2 Å². The number of pyridine rings is 1. The summed E-state index contributed by atoms with van der Waals surface area (Å²) in [7, 11) is 1.91. The van der Waals surface area contributed by atoms with Crippen LogP contribution in [0.4, 0.5) is 21.9 Å². The van der Waals surface area contributed by atoms with E-state index in [1.807, 2.05) is 67.4 Å². The third-order valence-corrected chi connectivity index (χ3v) is 7.81. The lowest BCUT2D eigenvalue weighted by Gasteiger charge is -2.30. The number of carbonyl (C=O) groups excluding carboxylic acids is 2. The number of para-hydroxylation sites is 3. The third-order valence-electron chi connectivity index (χ3n) is 6.73. The molecule has 2 N–H and O–H groups in total. The van der Waals surface area contributed by atoms with Gasteiger partial charge in [0, 0.05) is 25.3 Å². The number of carbonyl (C=O) groups is 2. The zero-order valence-electron chi connectivity index (χ0n) is 19.9. The van der Waals surface area contributed by atoms with Crippen molar-refractivity contribution < 1.29 is 14.3 Å². The summed E-state index contributed by atoms with van der Waals surface area (Å²) in [5.41, 5.74) is 2.74. The molecule has 182 valence electrons. The van der Waals surface area contributed by atoms with E-state index < -0.39 is 0 Å². The fourth-order valence-corrected chi connectivity index (χ4v) is 5.94. The van der Waals surface area contributed by atoms with Crippen molar-refractivity contribution in [3.63, 3.8) is 0 Å². The third kappa shape index (κ3) is 3.68. The van der Waals surface area contributed by atoms with Gasteiger partial charge in [0.15, 0.2) is 5.75 Å².